The molecule has 3 aromatic rings. The second kappa shape index (κ2) is 8.18. The summed E-state index contributed by atoms with van der Waals surface area (Å²) in [6, 6.07) is 10.1. The Morgan fingerprint density at radius 2 is 1.94 bits per heavy atom. The first-order valence-electron chi connectivity index (χ1n) is 10.4. The van der Waals surface area contributed by atoms with Gasteiger partial charge in [0.15, 0.2) is 5.13 Å². The fourth-order valence-corrected chi connectivity index (χ4v) is 5.73. The van der Waals surface area contributed by atoms with Crippen LogP contribution < -0.4 is 9.62 Å². The third kappa shape index (κ3) is 4.41. The monoisotopic (exact) mass is 457 g/mol. The molecule has 1 saturated carbocycles. The predicted molar refractivity (Wildman–Crippen MR) is 120 cm³/mol. The number of amides is 1. The Hall–Kier alpha value is -2.56. The van der Waals surface area contributed by atoms with Crippen LogP contribution in [0.5, 0.6) is 0 Å². The Bertz CT molecular complexity index is 1180. The van der Waals surface area contributed by atoms with Gasteiger partial charge >= 0.3 is 0 Å². The van der Waals surface area contributed by atoms with E-state index in [9.17, 15) is 13.2 Å². The normalized spacial score (nSPS) is 17.3. The number of carbonyl (C=O) groups is 1. The van der Waals surface area contributed by atoms with Crippen LogP contribution in [0.25, 0.3) is 10.3 Å². The minimum atomic E-state index is -3.60. The fourth-order valence-electron chi connectivity index (χ4n) is 3.61. The molecule has 2 aromatic heterocycles. The molecule has 10 heteroatoms. The Labute approximate surface area is 185 Å². The van der Waals surface area contributed by atoms with Gasteiger partial charge in [0.05, 0.1) is 4.90 Å². The van der Waals surface area contributed by atoms with Crippen molar-refractivity contribution in [3.8, 4) is 0 Å². The molecule has 1 aliphatic heterocycles. The maximum Gasteiger partial charge on any atom is 0.254 e. The van der Waals surface area contributed by atoms with Gasteiger partial charge in [-0.05, 0) is 49.1 Å². The average Bonchev–Trinajstić information content (AvgIpc) is 3.54. The summed E-state index contributed by atoms with van der Waals surface area (Å²) < 4.78 is 27.7. The Morgan fingerprint density at radius 3 is 2.68 bits per heavy atom. The number of hydrogen-bond acceptors (Lipinski definition) is 7. The van der Waals surface area contributed by atoms with E-state index < -0.39 is 10.0 Å². The molecule has 1 saturated heterocycles. The van der Waals surface area contributed by atoms with E-state index in [1.165, 1.54) is 12.1 Å². The standard InChI is InChI=1S/C21H23N5O3S2/c27-20(16-3-1-4-17(13-16)31(28,29)23-14-15-6-7-15)25-9-11-26(12-10-25)21-24-18-5-2-8-22-19(18)30-21/h1-5,8,13,15,23H,6-7,9-12,14H2. The summed E-state index contributed by atoms with van der Waals surface area (Å²) in [5.41, 5.74) is 1.28. The van der Waals surface area contributed by atoms with E-state index >= 15 is 0 Å². The first-order chi connectivity index (χ1) is 15.0. The molecule has 162 valence electrons. The molecule has 0 atom stereocenters. The van der Waals surface area contributed by atoms with Crippen molar-refractivity contribution in [2.45, 2.75) is 17.7 Å². The average molecular weight is 458 g/mol. The van der Waals surface area contributed by atoms with Crippen molar-refractivity contribution >= 4 is 42.7 Å². The van der Waals surface area contributed by atoms with Crippen LogP contribution in [0, 0.1) is 5.92 Å². The molecule has 0 bridgehead atoms. The topological polar surface area (TPSA) is 95.5 Å². The molecular weight excluding hydrogens is 434 g/mol. The molecule has 8 nitrogen and oxygen atoms in total. The maximum atomic E-state index is 13.0. The lowest BCUT2D eigenvalue weighted by molar-refractivity contribution is 0.0746. The number of nitrogens with zero attached hydrogens (tertiary/aromatic N) is 4. The lowest BCUT2D eigenvalue weighted by atomic mass is 10.2. The zero-order valence-electron chi connectivity index (χ0n) is 16.9. The van der Waals surface area contributed by atoms with Crippen LogP contribution in [0.15, 0.2) is 47.5 Å². The van der Waals surface area contributed by atoms with Gasteiger partial charge in [0.1, 0.15) is 10.3 Å². The number of aromatic nitrogens is 2. The molecule has 0 unspecified atom stereocenters. The molecule has 1 aliphatic carbocycles. The highest BCUT2D eigenvalue weighted by atomic mass is 32.2. The molecule has 31 heavy (non-hydrogen) atoms. The van der Waals surface area contributed by atoms with Crippen LogP contribution in [0.2, 0.25) is 0 Å². The zero-order valence-corrected chi connectivity index (χ0v) is 18.5. The van der Waals surface area contributed by atoms with E-state index in [-0.39, 0.29) is 10.8 Å². The van der Waals surface area contributed by atoms with Crippen LogP contribution in [0.3, 0.4) is 0 Å². The summed E-state index contributed by atoms with van der Waals surface area (Å²) in [6.45, 7) is 2.92. The van der Waals surface area contributed by atoms with Gasteiger partial charge in [0, 0.05) is 44.5 Å². The number of fused-ring (bicyclic) bond motifs is 1. The Balaban J connectivity index is 1.25. The second-order valence-electron chi connectivity index (χ2n) is 7.93. The van der Waals surface area contributed by atoms with Gasteiger partial charge in [-0.15, -0.1) is 0 Å². The lowest BCUT2D eigenvalue weighted by Crippen LogP contribution is -2.48. The summed E-state index contributed by atoms with van der Waals surface area (Å²) in [5, 5.41) is 0.913. The Kier molecular flexibility index (Phi) is 5.37. The van der Waals surface area contributed by atoms with E-state index in [0.717, 1.165) is 28.3 Å². The van der Waals surface area contributed by atoms with E-state index in [1.807, 2.05) is 12.1 Å². The number of sulfonamides is 1. The molecule has 0 radical (unpaired) electrons. The number of anilines is 1. The number of pyridine rings is 1. The molecule has 2 fully saturated rings. The first-order valence-corrected chi connectivity index (χ1v) is 12.6. The predicted octanol–water partition coefficient (Wildman–Crippen LogP) is 2.34. The lowest BCUT2D eigenvalue weighted by Gasteiger charge is -2.34. The smallest absolute Gasteiger partial charge is 0.254 e. The second-order valence-corrected chi connectivity index (χ2v) is 10.6. The minimum absolute atomic E-state index is 0.139. The molecule has 1 N–H and O–H groups in total. The third-order valence-corrected chi connectivity index (χ3v) is 8.10. The summed E-state index contributed by atoms with van der Waals surface area (Å²) in [5.74, 6) is 0.298. The number of nitrogens with one attached hydrogen (secondary N) is 1. The number of hydrogen-bond donors (Lipinski definition) is 1. The highest BCUT2D eigenvalue weighted by Crippen LogP contribution is 2.29. The van der Waals surface area contributed by atoms with Crippen LogP contribution in [0.4, 0.5) is 5.13 Å². The van der Waals surface area contributed by atoms with Gasteiger partial charge in [0.2, 0.25) is 10.0 Å². The summed E-state index contributed by atoms with van der Waals surface area (Å²) in [4.78, 5) is 27.0. The fraction of sp³-hybridized carbons (Fsp3) is 0.381. The quantitative estimate of drug-likeness (QED) is 0.611. The first kappa shape index (κ1) is 20.3. The number of piperazine rings is 1. The van der Waals surface area contributed by atoms with Gasteiger partial charge in [-0.1, -0.05) is 17.4 Å². The van der Waals surface area contributed by atoms with Crippen LogP contribution >= 0.6 is 11.3 Å². The molecule has 1 amide bonds. The van der Waals surface area contributed by atoms with Gasteiger partial charge in [0.25, 0.3) is 5.91 Å². The number of thiazole rings is 1. The van der Waals surface area contributed by atoms with Gasteiger partial charge < -0.3 is 9.80 Å². The van der Waals surface area contributed by atoms with E-state index in [4.69, 9.17) is 0 Å². The zero-order chi connectivity index (χ0) is 21.4. The van der Waals surface area contributed by atoms with Gasteiger partial charge in [-0.3, -0.25) is 4.79 Å². The van der Waals surface area contributed by atoms with Crippen molar-refractivity contribution in [3.63, 3.8) is 0 Å². The molecule has 0 spiro atoms. The Morgan fingerprint density at radius 1 is 1.13 bits per heavy atom. The van der Waals surface area contributed by atoms with Crippen molar-refractivity contribution in [2.24, 2.45) is 5.92 Å². The maximum absolute atomic E-state index is 13.0. The van der Waals surface area contributed by atoms with E-state index in [0.29, 0.717) is 44.2 Å². The molecule has 1 aromatic carbocycles. The number of rotatable bonds is 6. The van der Waals surface area contributed by atoms with Crippen LogP contribution in [0.1, 0.15) is 23.2 Å². The van der Waals surface area contributed by atoms with Crippen molar-refractivity contribution < 1.29 is 13.2 Å². The molecular formula is C21H23N5O3S2. The highest BCUT2D eigenvalue weighted by Gasteiger charge is 2.27. The molecule has 2 aliphatic rings. The van der Waals surface area contributed by atoms with Crippen molar-refractivity contribution in [1.82, 2.24) is 19.6 Å². The summed E-state index contributed by atoms with van der Waals surface area (Å²) >= 11 is 1.55. The van der Waals surface area contributed by atoms with Gasteiger partial charge in [-0.25, -0.2) is 23.1 Å². The van der Waals surface area contributed by atoms with Crippen molar-refractivity contribution in [3.05, 3.63) is 48.2 Å². The van der Waals surface area contributed by atoms with Crippen molar-refractivity contribution in [1.29, 1.82) is 0 Å². The van der Waals surface area contributed by atoms with Crippen LogP contribution in [-0.4, -0.2) is 61.9 Å². The molecule has 3 heterocycles. The highest BCUT2D eigenvalue weighted by molar-refractivity contribution is 7.89. The third-order valence-electron chi connectivity index (χ3n) is 5.64. The molecule has 5 rings (SSSR count). The van der Waals surface area contributed by atoms with Gasteiger partial charge in [-0.2, -0.15) is 0 Å². The number of carbonyl (C=O) groups excluding carboxylic acids is 1. The SMILES string of the molecule is O=C(c1cccc(S(=O)(=O)NCC2CC2)c1)N1CCN(c2nc3cccnc3s2)CC1. The van der Waals surface area contributed by atoms with E-state index in [2.05, 4.69) is 19.6 Å². The van der Waals surface area contributed by atoms with Crippen molar-refractivity contribution in [2.75, 3.05) is 37.6 Å². The minimum Gasteiger partial charge on any atom is -0.344 e. The van der Waals surface area contributed by atoms with E-state index in [1.54, 1.807) is 34.6 Å². The summed E-state index contributed by atoms with van der Waals surface area (Å²) in [7, 11) is -3.60. The number of benzene rings is 1. The summed E-state index contributed by atoms with van der Waals surface area (Å²) in [6.07, 6.45) is 3.90. The van der Waals surface area contributed by atoms with Crippen LogP contribution in [-0.2, 0) is 10.0 Å². The largest absolute Gasteiger partial charge is 0.344 e.